The van der Waals surface area contributed by atoms with Crippen LogP contribution in [0.3, 0.4) is 0 Å². The molecule has 0 spiro atoms. The highest BCUT2D eigenvalue weighted by molar-refractivity contribution is 5.84. The standard InChI is InChI=1S/C17H34N2O2/c1-14(2)19-17(3,16(18)20)12-8-9-13-21-15-10-6-4-5-7-11-15/h14-15,19H,4-13H2,1-3H3,(H2,18,20). The highest BCUT2D eigenvalue weighted by Crippen LogP contribution is 2.20. The average Bonchev–Trinajstić information content (AvgIpc) is 2.66. The van der Waals surface area contributed by atoms with Gasteiger partial charge < -0.3 is 15.8 Å². The van der Waals surface area contributed by atoms with E-state index in [9.17, 15) is 4.79 Å². The van der Waals surface area contributed by atoms with E-state index >= 15 is 0 Å². The number of ether oxygens (including phenoxy) is 1. The van der Waals surface area contributed by atoms with Gasteiger partial charge in [0.15, 0.2) is 0 Å². The Bertz CT molecular complexity index is 299. The van der Waals surface area contributed by atoms with Gasteiger partial charge in [-0.05, 0) is 52.9 Å². The molecule has 0 aromatic carbocycles. The molecule has 1 aliphatic rings. The monoisotopic (exact) mass is 298 g/mol. The Labute approximate surface area is 130 Å². The van der Waals surface area contributed by atoms with Gasteiger partial charge in [0.05, 0.1) is 11.6 Å². The number of rotatable bonds is 9. The van der Waals surface area contributed by atoms with Gasteiger partial charge in [0.2, 0.25) is 5.91 Å². The fourth-order valence-electron chi connectivity index (χ4n) is 3.14. The summed E-state index contributed by atoms with van der Waals surface area (Å²) in [5, 5.41) is 3.29. The predicted molar refractivity (Wildman–Crippen MR) is 87.2 cm³/mol. The molecule has 1 atom stereocenters. The van der Waals surface area contributed by atoms with Crippen LogP contribution < -0.4 is 11.1 Å². The summed E-state index contributed by atoms with van der Waals surface area (Å²) < 4.78 is 5.98. The lowest BCUT2D eigenvalue weighted by molar-refractivity contribution is -0.124. The highest BCUT2D eigenvalue weighted by atomic mass is 16.5. The van der Waals surface area contributed by atoms with E-state index in [1.165, 1.54) is 38.5 Å². The molecule has 3 N–H and O–H groups in total. The Morgan fingerprint density at radius 3 is 2.38 bits per heavy atom. The lowest BCUT2D eigenvalue weighted by Crippen LogP contribution is -2.55. The van der Waals surface area contributed by atoms with Gasteiger partial charge in [-0.1, -0.05) is 25.7 Å². The molecule has 0 bridgehead atoms. The van der Waals surface area contributed by atoms with E-state index in [1.807, 2.05) is 20.8 Å². The van der Waals surface area contributed by atoms with E-state index in [1.54, 1.807) is 0 Å². The van der Waals surface area contributed by atoms with Gasteiger partial charge in [-0.15, -0.1) is 0 Å². The first-order valence-electron chi connectivity index (χ1n) is 8.63. The van der Waals surface area contributed by atoms with Crippen LogP contribution in [0.15, 0.2) is 0 Å². The first kappa shape index (κ1) is 18.4. The number of carbonyl (C=O) groups excluding carboxylic acids is 1. The van der Waals surface area contributed by atoms with Gasteiger partial charge in [-0.3, -0.25) is 4.79 Å². The van der Waals surface area contributed by atoms with E-state index in [0.717, 1.165) is 25.9 Å². The van der Waals surface area contributed by atoms with Crippen LogP contribution in [0.2, 0.25) is 0 Å². The van der Waals surface area contributed by atoms with Gasteiger partial charge in [-0.2, -0.15) is 0 Å². The molecule has 0 radical (unpaired) electrons. The molecule has 1 aliphatic carbocycles. The van der Waals surface area contributed by atoms with Crippen molar-refractivity contribution in [2.45, 2.75) is 96.2 Å². The Hall–Kier alpha value is -0.610. The summed E-state index contributed by atoms with van der Waals surface area (Å²) >= 11 is 0. The molecule has 4 heteroatoms. The summed E-state index contributed by atoms with van der Waals surface area (Å²) in [7, 11) is 0. The smallest absolute Gasteiger partial charge is 0.237 e. The van der Waals surface area contributed by atoms with Crippen molar-refractivity contribution in [3.63, 3.8) is 0 Å². The van der Waals surface area contributed by atoms with E-state index in [2.05, 4.69) is 5.32 Å². The number of unbranched alkanes of at least 4 members (excludes halogenated alkanes) is 1. The van der Waals surface area contributed by atoms with Crippen molar-refractivity contribution < 1.29 is 9.53 Å². The fraction of sp³-hybridized carbons (Fsp3) is 0.941. The molecule has 124 valence electrons. The summed E-state index contributed by atoms with van der Waals surface area (Å²) in [6.45, 7) is 6.79. The minimum Gasteiger partial charge on any atom is -0.378 e. The fourth-order valence-corrected chi connectivity index (χ4v) is 3.14. The van der Waals surface area contributed by atoms with Crippen molar-refractivity contribution in [3.8, 4) is 0 Å². The summed E-state index contributed by atoms with van der Waals surface area (Å²) in [5.41, 5.74) is 4.93. The number of amides is 1. The molecule has 1 rings (SSSR count). The minimum absolute atomic E-state index is 0.254. The zero-order valence-corrected chi connectivity index (χ0v) is 14.1. The van der Waals surface area contributed by atoms with Crippen LogP contribution in [0, 0.1) is 0 Å². The highest BCUT2D eigenvalue weighted by Gasteiger charge is 2.30. The molecule has 0 aromatic heterocycles. The number of primary amides is 1. The molecule has 1 fully saturated rings. The largest absolute Gasteiger partial charge is 0.378 e. The third kappa shape index (κ3) is 7.28. The summed E-state index contributed by atoms with van der Waals surface area (Å²) in [6.07, 6.45) is 11.0. The van der Waals surface area contributed by atoms with Gasteiger partial charge in [-0.25, -0.2) is 0 Å². The molecule has 1 saturated carbocycles. The van der Waals surface area contributed by atoms with Gasteiger partial charge in [0.25, 0.3) is 0 Å². The van der Waals surface area contributed by atoms with Crippen LogP contribution in [-0.2, 0) is 9.53 Å². The number of nitrogens with two attached hydrogens (primary N) is 1. The van der Waals surface area contributed by atoms with Gasteiger partial charge >= 0.3 is 0 Å². The Balaban J connectivity index is 2.20. The Kier molecular flexibility index (Phi) is 8.27. The van der Waals surface area contributed by atoms with Crippen molar-refractivity contribution in [3.05, 3.63) is 0 Å². The van der Waals surface area contributed by atoms with Crippen molar-refractivity contribution in [1.82, 2.24) is 5.32 Å². The third-order valence-electron chi connectivity index (χ3n) is 4.38. The Morgan fingerprint density at radius 1 is 1.24 bits per heavy atom. The molecular formula is C17H34N2O2. The van der Waals surface area contributed by atoms with E-state index in [0.29, 0.717) is 6.10 Å². The number of hydrogen-bond acceptors (Lipinski definition) is 3. The molecule has 1 amide bonds. The summed E-state index contributed by atoms with van der Waals surface area (Å²) in [4.78, 5) is 11.6. The molecule has 0 saturated heterocycles. The second-order valence-corrected chi connectivity index (χ2v) is 6.94. The van der Waals surface area contributed by atoms with Crippen molar-refractivity contribution in [1.29, 1.82) is 0 Å². The topological polar surface area (TPSA) is 64.3 Å². The number of carbonyl (C=O) groups is 1. The normalized spacial score (nSPS) is 20.2. The quantitative estimate of drug-likeness (QED) is 0.508. The zero-order chi connectivity index (χ0) is 15.7. The van der Waals surface area contributed by atoms with E-state index in [-0.39, 0.29) is 11.9 Å². The predicted octanol–water partition coefficient (Wildman–Crippen LogP) is 3.14. The molecule has 0 heterocycles. The molecule has 0 aromatic rings. The first-order chi connectivity index (χ1) is 9.94. The van der Waals surface area contributed by atoms with E-state index in [4.69, 9.17) is 10.5 Å². The van der Waals surface area contributed by atoms with Crippen LogP contribution in [0.4, 0.5) is 0 Å². The van der Waals surface area contributed by atoms with Crippen molar-refractivity contribution in [2.75, 3.05) is 6.61 Å². The number of hydrogen-bond donors (Lipinski definition) is 2. The average molecular weight is 298 g/mol. The van der Waals surface area contributed by atoms with Crippen molar-refractivity contribution in [2.24, 2.45) is 5.73 Å². The first-order valence-corrected chi connectivity index (χ1v) is 8.63. The molecule has 21 heavy (non-hydrogen) atoms. The second kappa shape index (κ2) is 9.42. The second-order valence-electron chi connectivity index (χ2n) is 6.94. The lowest BCUT2D eigenvalue weighted by atomic mass is 9.93. The van der Waals surface area contributed by atoms with Crippen LogP contribution in [-0.4, -0.2) is 30.2 Å². The van der Waals surface area contributed by atoms with Crippen LogP contribution in [0.1, 0.15) is 78.6 Å². The third-order valence-corrected chi connectivity index (χ3v) is 4.38. The number of nitrogens with one attached hydrogen (secondary N) is 1. The maximum Gasteiger partial charge on any atom is 0.237 e. The van der Waals surface area contributed by atoms with Gasteiger partial charge in [0, 0.05) is 12.6 Å². The van der Waals surface area contributed by atoms with Gasteiger partial charge in [0.1, 0.15) is 0 Å². The van der Waals surface area contributed by atoms with Crippen LogP contribution in [0.25, 0.3) is 0 Å². The van der Waals surface area contributed by atoms with Crippen molar-refractivity contribution >= 4 is 5.91 Å². The summed E-state index contributed by atoms with van der Waals surface area (Å²) in [6, 6.07) is 0.254. The molecule has 0 aliphatic heterocycles. The molecule has 1 unspecified atom stereocenters. The molecular weight excluding hydrogens is 264 g/mol. The van der Waals surface area contributed by atoms with Crippen LogP contribution in [0.5, 0.6) is 0 Å². The lowest BCUT2D eigenvalue weighted by Gasteiger charge is -2.30. The van der Waals surface area contributed by atoms with Crippen LogP contribution >= 0.6 is 0 Å². The zero-order valence-electron chi connectivity index (χ0n) is 14.1. The molecule has 4 nitrogen and oxygen atoms in total. The maximum absolute atomic E-state index is 11.6. The minimum atomic E-state index is -0.601. The maximum atomic E-state index is 11.6. The SMILES string of the molecule is CC(C)NC(C)(CCCCOC1CCCCCC1)C(N)=O. The van der Waals surface area contributed by atoms with E-state index < -0.39 is 5.54 Å². The summed E-state index contributed by atoms with van der Waals surface area (Å²) in [5.74, 6) is -0.263. The Morgan fingerprint density at radius 2 is 1.86 bits per heavy atom.